The molecule has 10 heteroatoms. The molecule has 1 aromatic heterocycles. The van der Waals surface area contributed by atoms with E-state index in [1.807, 2.05) is 0 Å². The first-order valence-electron chi connectivity index (χ1n) is 6.94. The van der Waals surface area contributed by atoms with Gasteiger partial charge in [-0.1, -0.05) is 0 Å². The summed E-state index contributed by atoms with van der Waals surface area (Å²) in [5.74, 6) is 0.240. The molecule has 0 atom stereocenters. The van der Waals surface area contributed by atoms with Crippen molar-refractivity contribution in [2.45, 2.75) is 17.2 Å². The maximum atomic E-state index is 12.5. The number of benzene rings is 1. The molecule has 7 nitrogen and oxygen atoms in total. The molecule has 2 aromatic rings. The van der Waals surface area contributed by atoms with Gasteiger partial charge in [0, 0.05) is 12.1 Å². The summed E-state index contributed by atoms with van der Waals surface area (Å²) in [6, 6.07) is 4.23. The molecule has 23 heavy (non-hydrogen) atoms. The van der Waals surface area contributed by atoms with Crippen LogP contribution in [0.5, 0.6) is 0 Å². The number of nitrogens with zero attached hydrogens (tertiary/aromatic N) is 2. The molecule has 0 amide bonds. The highest BCUT2D eigenvalue weighted by Gasteiger charge is 2.26. The van der Waals surface area contributed by atoms with Gasteiger partial charge in [0.2, 0.25) is 14.2 Å². The highest BCUT2D eigenvalue weighted by molar-refractivity contribution is 7.93. The van der Waals surface area contributed by atoms with Gasteiger partial charge in [-0.2, -0.15) is 0 Å². The average molecular weight is 378 g/mol. The Kier molecular flexibility index (Phi) is 5.56. The van der Waals surface area contributed by atoms with Crippen molar-refractivity contribution in [3.63, 3.8) is 0 Å². The predicted molar refractivity (Wildman–Crippen MR) is 91.2 cm³/mol. The quantitative estimate of drug-likeness (QED) is 0.648. The Morgan fingerprint density at radius 3 is 2.70 bits per heavy atom. The summed E-state index contributed by atoms with van der Waals surface area (Å²) in [6.07, 6.45) is 1.69. The molecule has 3 rings (SSSR count). The third kappa shape index (κ3) is 3.97. The number of rotatable bonds is 4. The highest BCUT2D eigenvalue weighted by Crippen LogP contribution is 2.30. The minimum atomic E-state index is -3.45. The Labute approximate surface area is 143 Å². The van der Waals surface area contributed by atoms with Crippen molar-refractivity contribution in [2.75, 3.05) is 18.8 Å². The number of piperidine rings is 1. The molecule has 1 aliphatic heterocycles. The van der Waals surface area contributed by atoms with Crippen molar-refractivity contribution in [2.24, 2.45) is 5.92 Å². The molecule has 1 saturated heterocycles. The van der Waals surface area contributed by atoms with E-state index in [2.05, 4.69) is 10.3 Å². The molecule has 0 aliphatic carbocycles. The number of fused-ring (bicyclic) bond motifs is 1. The summed E-state index contributed by atoms with van der Waals surface area (Å²) in [7, 11) is -3.45. The third-order valence-electron chi connectivity index (χ3n) is 3.74. The molecule has 2 heterocycles. The molecule has 1 aromatic carbocycles. The average Bonchev–Trinajstić information content (AvgIpc) is 2.91. The fraction of sp³-hybridized carbons (Fsp3) is 0.462. The lowest BCUT2D eigenvalue weighted by atomic mass is 10.0. The number of nitro groups is 1. The van der Waals surface area contributed by atoms with Crippen LogP contribution in [0.25, 0.3) is 10.2 Å². The van der Waals surface area contributed by atoms with Crippen LogP contribution >= 0.6 is 23.7 Å². The van der Waals surface area contributed by atoms with E-state index in [0.29, 0.717) is 10.2 Å². The Balaban J connectivity index is 0.00000192. The van der Waals surface area contributed by atoms with Crippen molar-refractivity contribution < 1.29 is 13.3 Å². The minimum Gasteiger partial charge on any atom is -0.317 e. The van der Waals surface area contributed by atoms with Crippen LogP contribution < -0.4 is 5.32 Å². The van der Waals surface area contributed by atoms with Crippen LogP contribution in [-0.4, -0.2) is 37.2 Å². The zero-order valence-corrected chi connectivity index (χ0v) is 14.5. The van der Waals surface area contributed by atoms with E-state index in [1.165, 1.54) is 12.1 Å². The van der Waals surface area contributed by atoms with Crippen LogP contribution in [-0.2, 0) is 9.84 Å². The lowest BCUT2D eigenvalue weighted by molar-refractivity contribution is -0.384. The largest absolute Gasteiger partial charge is 0.317 e. The number of thiazole rings is 1. The van der Waals surface area contributed by atoms with E-state index in [1.54, 1.807) is 6.07 Å². The summed E-state index contributed by atoms with van der Waals surface area (Å²) in [6.45, 7) is 1.68. The molecule has 0 unspecified atom stereocenters. The van der Waals surface area contributed by atoms with Crippen LogP contribution in [0.2, 0.25) is 0 Å². The molecular formula is C13H16ClN3O4S2. The molecule has 126 valence electrons. The number of hydrogen-bond donors (Lipinski definition) is 1. The van der Waals surface area contributed by atoms with Gasteiger partial charge in [0.1, 0.15) is 0 Å². The van der Waals surface area contributed by atoms with E-state index in [-0.39, 0.29) is 34.1 Å². The van der Waals surface area contributed by atoms with Crippen LogP contribution in [0.3, 0.4) is 0 Å². The molecule has 0 radical (unpaired) electrons. The number of aromatic nitrogens is 1. The smallest absolute Gasteiger partial charge is 0.271 e. The van der Waals surface area contributed by atoms with E-state index >= 15 is 0 Å². The minimum absolute atomic E-state index is 0. The molecule has 0 bridgehead atoms. The van der Waals surface area contributed by atoms with Gasteiger partial charge in [0.25, 0.3) is 5.69 Å². The van der Waals surface area contributed by atoms with E-state index < -0.39 is 14.8 Å². The van der Waals surface area contributed by atoms with Gasteiger partial charge in [-0.3, -0.25) is 10.1 Å². The summed E-state index contributed by atoms with van der Waals surface area (Å²) in [5, 5.41) is 14.0. The lowest BCUT2D eigenvalue weighted by Crippen LogP contribution is -2.31. The normalized spacial score (nSPS) is 16.2. The maximum Gasteiger partial charge on any atom is 0.271 e. The zero-order chi connectivity index (χ0) is 15.7. The first-order chi connectivity index (χ1) is 10.5. The summed E-state index contributed by atoms with van der Waals surface area (Å²) >= 11 is 1.08. The van der Waals surface area contributed by atoms with Gasteiger partial charge in [-0.25, -0.2) is 13.4 Å². The van der Waals surface area contributed by atoms with Crippen molar-refractivity contribution in [3.05, 3.63) is 28.3 Å². The number of sulfone groups is 1. The van der Waals surface area contributed by atoms with E-state index in [0.717, 1.165) is 37.3 Å². The first kappa shape index (κ1) is 18.1. The van der Waals surface area contributed by atoms with Crippen molar-refractivity contribution in [3.8, 4) is 0 Å². The van der Waals surface area contributed by atoms with Gasteiger partial charge in [-0.15, -0.1) is 23.7 Å². The van der Waals surface area contributed by atoms with E-state index in [4.69, 9.17) is 0 Å². The van der Waals surface area contributed by atoms with Gasteiger partial charge in [0.05, 0.1) is 20.9 Å². The molecular weight excluding hydrogens is 362 g/mol. The van der Waals surface area contributed by atoms with Crippen molar-refractivity contribution in [1.29, 1.82) is 0 Å². The van der Waals surface area contributed by atoms with Gasteiger partial charge in [0.15, 0.2) is 0 Å². The van der Waals surface area contributed by atoms with Gasteiger partial charge < -0.3 is 5.32 Å². The topological polar surface area (TPSA) is 102 Å². The number of nitrogens with one attached hydrogen (secondary N) is 1. The van der Waals surface area contributed by atoms with Crippen LogP contribution in [0.15, 0.2) is 22.5 Å². The lowest BCUT2D eigenvalue weighted by Gasteiger charge is -2.21. The van der Waals surface area contributed by atoms with Crippen molar-refractivity contribution in [1.82, 2.24) is 10.3 Å². The first-order valence-corrected chi connectivity index (χ1v) is 9.41. The Morgan fingerprint density at radius 2 is 2.04 bits per heavy atom. The second-order valence-electron chi connectivity index (χ2n) is 5.36. The van der Waals surface area contributed by atoms with Crippen molar-refractivity contribution >= 4 is 49.5 Å². The molecule has 0 saturated carbocycles. The Hall–Kier alpha value is -1.29. The molecule has 1 N–H and O–H groups in total. The number of hydrogen-bond acceptors (Lipinski definition) is 7. The number of nitro benzene ring substituents is 1. The molecule has 1 aliphatic rings. The van der Waals surface area contributed by atoms with Crippen LogP contribution in [0, 0.1) is 16.0 Å². The van der Waals surface area contributed by atoms with E-state index in [9.17, 15) is 18.5 Å². The zero-order valence-electron chi connectivity index (χ0n) is 12.1. The predicted octanol–water partition coefficient (Wildman–Crippen LogP) is 2.40. The summed E-state index contributed by atoms with van der Waals surface area (Å²) in [5.41, 5.74) is 0.281. The summed E-state index contributed by atoms with van der Waals surface area (Å²) in [4.78, 5) is 14.4. The SMILES string of the molecule is Cl.O=[N+]([O-])c1ccc2sc(S(=O)(=O)CC3CCNCC3)nc2c1. The number of halogens is 1. The number of non-ortho nitro benzene ring substituents is 1. The second-order valence-corrected chi connectivity index (χ2v) is 8.60. The fourth-order valence-corrected chi connectivity index (χ4v) is 5.56. The maximum absolute atomic E-state index is 12.5. The monoisotopic (exact) mass is 377 g/mol. The second kappa shape index (κ2) is 7.08. The summed E-state index contributed by atoms with van der Waals surface area (Å²) < 4.78 is 25.7. The van der Waals surface area contributed by atoms with Crippen LogP contribution in [0.4, 0.5) is 5.69 Å². The van der Waals surface area contributed by atoms with Gasteiger partial charge in [-0.05, 0) is 37.9 Å². The molecule has 1 fully saturated rings. The Bertz CT molecular complexity index is 816. The highest BCUT2D eigenvalue weighted by atomic mass is 35.5. The fourth-order valence-electron chi connectivity index (χ4n) is 2.57. The third-order valence-corrected chi connectivity index (χ3v) is 7.12. The molecule has 0 spiro atoms. The van der Waals surface area contributed by atoms with Gasteiger partial charge >= 0.3 is 0 Å². The van der Waals surface area contributed by atoms with Crippen LogP contribution in [0.1, 0.15) is 12.8 Å². The Morgan fingerprint density at radius 1 is 1.35 bits per heavy atom. The standard InChI is InChI=1S/C13H15N3O4S2.ClH/c17-16(18)10-1-2-12-11(7-10)15-13(21-12)22(19,20)8-9-3-5-14-6-4-9;/h1-2,7,9,14H,3-6,8H2;1H.